The number of amides is 1. The van der Waals surface area contributed by atoms with Gasteiger partial charge in [0.05, 0.1) is 12.1 Å². The van der Waals surface area contributed by atoms with Gasteiger partial charge in [-0.1, -0.05) is 32.0 Å². The van der Waals surface area contributed by atoms with E-state index in [0.717, 1.165) is 18.5 Å². The van der Waals surface area contributed by atoms with Crippen molar-refractivity contribution >= 4 is 5.91 Å². The van der Waals surface area contributed by atoms with E-state index in [4.69, 9.17) is 0 Å². The molecule has 0 heterocycles. The maximum Gasteiger partial charge on any atom is 0.252 e. The molecule has 112 valence electrons. The number of benzene rings is 1. The molecule has 0 unspecified atom stereocenters. The Balaban J connectivity index is 2.91. The maximum absolute atomic E-state index is 12.5. The molecule has 0 bridgehead atoms. The van der Waals surface area contributed by atoms with Crippen LogP contribution in [0.3, 0.4) is 0 Å². The van der Waals surface area contributed by atoms with E-state index in [1.165, 1.54) is 0 Å². The molecule has 4 nitrogen and oxygen atoms in total. The van der Waals surface area contributed by atoms with Crippen LogP contribution >= 0.6 is 0 Å². The highest BCUT2D eigenvalue weighted by Gasteiger charge is 2.28. The molecule has 1 amide bonds. The summed E-state index contributed by atoms with van der Waals surface area (Å²) in [5.41, 5.74) is 1.20. The number of nitrogens with one attached hydrogen (secondary N) is 2. The Bertz CT molecular complexity index is 420. The summed E-state index contributed by atoms with van der Waals surface area (Å²) < 4.78 is 0. The van der Waals surface area contributed by atoms with Crippen molar-refractivity contribution in [2.45, 2.75) is 38.6 Å². The lowest BCUT2D eigenvalue weighted by molar-refractivity contribution is 0.0817. The molecule has 0 aromatic heterocycles. The van der Waals surface area contributed by atoms with Crippen LogP contribution in [0.15, 0.2) is 24.3 Å². The molecule has 1 aromatic rings. The Kier molecular flexibility index (Phi) is 6.68. The standard InChI is InChI=1S/C16H26N2O2/c1-4-16(5-2,12-19)18-15(20)14-9-7-6-8-13(14)10-11-17-3/h6-9,17,19H,4-5,10-12H2,1-3H3,(H,18,20). The molecule has 0 aliphatic carbocycles. The van der Waals surface area contributed by atoms with Gasteiger partial charge >= 0.3 is 0 Å². The summed E-state index contributed by atoms with van der Waals surface area (Å²) in [6.07, 6.45) is 2.24. The molecule has 0 spiro atoms. The van der Waals surface area contributed by atoms with E-state index < -0.39 is 5.54 Å². The quantitative estimate of drug-likeness (QED) is 0.678. The Morgan fingerprint density at radius 3 is 2.45 bits per heavy atom. The molecular formula is C16H26N2O2. The average molecular weight is 278 g/mol. The van der Waals surface area contributed by atoms with Crippen molar-refractivity contribution in [1.82, 2.24) is 10.6 Å². The molecule has 0 atom stereocenters. The molecule has 0 saturated carbocycles. The van der Waals surface area contributed by atoms with Gasteiger partial charge in [0.1, 0.15) is 0 Å². The fraction of sp³-hybridized carbons (Fsp3) is 0.562. The van der Waals surface area contributed by atoms with E-state index in [1.54, 1.807) is 0 Å². The van der Waals surface area contributed by atoms with Crippen LogP contribution in [0.4, 0.5) is 0 Å². The molecule has 1 rings (SSSR count). The molecule has 0 radical (unpaired) electrons. The zero-order valence-corrected chi connectivity index (χ0v) is 12.7. The van der Waals surface area contributed by atoms with E-state index in [2.05, 4.69) is 10.6 Å². The van der Waals surface area contributed by atoms with Crippen molar-refractivity contribution in [2.24, 2.45) is 0 Å². The second-order valence-electron chi connectivity index (χ2n) is 5.11. The van der Waals surface area contributed by atoms with E-state index in [1.807, 2.05) is 45.2 Å². The molecule has 0 saturated heterocycles. The second kappa shape index (κ2) is 8.02. The van der Waals surface area contributed by atoms with Crippen molar-refractivity contribution in [3.63, 3.8) is 0 Å². The minimum Gasteiger partial charge on any atom is -0.394 e. The van der Waals surface area contributed by atoms with Crippen molar-refractivity contribution in [1.29, 1.82) is 0 Å². The lowest BCUT2D eigenvalue weighted by Gasteiger charge is -2.31. The first-order valence-electron chi connectivity index (χ1n) is 7.28. The largest absolute Gasteiger partial charge is 0.394 e. The van der Waals surface area contributed by atoms with Crippen LogP contribution in [0, 0.1) is 0 Å². The molecule has 1 aromatic carbocycles. The fourth-order valence-electron chi connectivity index (χ4n) is 2.22. The third kappa shape index (κ3) is 4.05. The molecule has 0 fully saturated rings. The van der Waals surface area contributed by atoms with E-state index in [9.17, 15) is 9.90 Å². The van der Waals surface area contributed by atoms with Gasteiger partial charge < -0.3 is 15.7 Å². The number of hydrogen-bond acceptors (Lipinski definition) is 3. The summed E-state index contributed by atoms with van der Waals surface area (Å²) in [4.78, 5) is 12.5. The Morgan fingerprint density at radius 2 is 1.90 bits per heavy atom. The topological polar surface area (TPSA) is 61.4 Å². The van der Waals surface area contributed by atoms with E-state index in [0.29, 0.717) is 18.4 Å². The predicted octanol–water partition coefficient (Wildman–Crippen LogP) is 1.73. The van der Waals surface area contributed by atoms with Crippen LogP contribution in [0.5, 0.6) is 0 Å². The van der Waals surface area contributed by atoms with Gasteiger partial charge in [-0.25, -0.2) is 0 Å². The third-order valence-electron chi connectivity index (χ3n) is 3.94. The van der Waals surface area contributed by atoms with Gasteiger partial charge in [0.25, 0.3) is 5.91 Å². The molecule has 0 aliphatic rings. The minimum atomic E-state index is -0.521. The first kappa shape index (κ1) is 16.7. The van der Waals surface area contributed by atoms with Gasteiger partial charge in [-0.15, -0.1) is 0 Å². The van der Waals surface area contributed by atoms with Crippen molar-refractivity contribution in [3.05, 3.63) is 35.4 Å². The fourth-order valence-corrected chi connectivity index (χ4v) is 2.22. The van der Waals surface area contributed by atoms with E-state index >= 15 is 0 Å². The highest BCUT2D eigenvalue weighted by atomic mass is 16.3. The van der Waals surface area contributed by atoms with E-state index in [-0.39, 0.29) is 12.5 Å². The lowest BCUT2D eigenvalue weighted by atomic mass is 9.92. The summed E-state index contributed by atoms with van der Waals surface area (Å²) in [5, 5.41) is 15.7. The molecule has 4 heteroatoms. The van der Waals surface area contributed by atoms with Crippen molar-refractivity contribution in [3.8, 4) is 0 Å². The second-order valence-corrected chi connectivity index (χ2v) is 5.11. The van der Waals surface area contributed by atoms with Crippen LogP contribution in [-0.2, 0) is 6.42 Å². The summed E-state index contributed by atoms with van der Waals surface area (Å²) in [6.45, 7) is 4.75. The summed E-state index contributed by atoms with van der Waals surface area (Å²) in [6, 6.07) is 7.63. The van der Waals surface area contributed by atoms with Crippen molar-refractivity contribution < 1.29 is 9.90 Å². The molecular weight excluding hydrogens is 252 g/mol. The maximum atomic E-state index is 12.5. The number of hydrogen-bond donors (Lipinski definition) is 3. The van der Waals surface area contributed by atoms with Crippen LogP contribution in [0.25, 0.3) is 0 Å². The summed E-state index contributed by atoms with van der Waals surface area (Å²) >= 11 is 0. The number of carbonyl (C=O) groups is 1. The first-order valence-corrected chi connectivity index (χ1v) is 7.28. The summed E-state index contributed by atoms with van der Waals surface area (Å²) in [5.74, 6) is -0.102. The van der Waals surface area contributed by atoms with Crippen LogP contribution in [0.1, 0.15) is 42.6 Å². The number of carbonyl (C=O) groups excluding carboxylic acids is 1. The average Bonchev–Trinajstić information content (AvgIpc) is 2.51. The molecule has 3 N–H and O–H groups in total. The van der Waals surface area contributed by atoms with Gasteiger partial charge in [-0.3, -0.25) is 4.79 Å². The van der Waals surface area contributed by atoms with Crippen molar-refractivity contribution in [2.75, 3.05) is 20.2 Å². The summed E-state index contributed by atoms with van der Waals surface area (Å²) in [7, 11) is 1.90. The Morgan fingerprint density at radius 1 is 1.25 bits per heavy atom. The van der Waals surface area contributed by atoms with Gasteiger partial charge in [0.15, 0.2) is 0 Å². The highest BCUT2D eigenvalue weighted by Crippen LogP contribution is 2.17. The van der Waals surface area contributed by atoms with Gasteiger partial charge in [-0.2, -0.15) is 0 Å². The zero-order valence-electron chi connectivity index (χ0n) is 12.7. The number of rotatable bonds is 8. The van der Waals surface area contributed by atoms with Crippen LogP contribution in [-0.4, -0.2) is 36.8 Å². The SMILES string of the molecule is CCC(CC)(CO)NC(=O)c1ccccc1CCNC. The van der Waals surface area contributed by atoms with Crippen LogP contribution < -0.4 is 10.6 Å². The smallest absolute Gasteiger partial charge is 0.252 e. The third-order valence-corrected chi connectivity index (χ3v) is 3.94. The normalized spacial score (nSPS) is 11.4. The minimum absolute atomic E-state index is 0.0373. The Labute approximate surface area is 121 Å². The highest BCUT2D eigenvalue weighted by molar-refractivity contribution is 5.96. The van der Waals surface area contributed by atoms with Gasteiger partial charge in [0.2, 0.25) is 0 Å². The van der Waals surface area contributed by atoms with Gasteiger partial charge in [-0.05, 0) is 44.5 Å². The Hall–Kier alpha value is -1.39. The van der Waals surface area contributed by atoms with Crippen LogP contribution in [0.2, 0.25) is 0 Å². The lowest BCUT2D eigenvalue weighted by Crippen LogP contribution is -2.50. The molecule has 20 heavy (non-hydrogen) atoms. The van der Waals surface area contributed by atoms with Gasteiger partial charge in [0, 0.05) is 5.56 Å². The number of aliphatic hydroxyl groups excluding tert-OH is 1. The molecule has 0 aliphatic heterocycles. The zero-order chi connectivity index (χ0) is 15.0. The predicted molar refractivity (Wildman–Crippen MR) is 81.9 cm³/mol. The first-order chi connectivity index (χ1) is 9.62. The number of aliphatic hydroxyl groups is 1. The monoisotopic (exact) mass is 278 g/mol. The number of likely N-dealkylation sites (N-methyl/N-ethyl adjacent to an activating group) is 1.